The van der Waals surface area contributed by atoms with E-state index in [0.717, 1.165) is 0 Å². The lowest BCUT2D eigenvalue weighted by molar-refractivity contribution is -0.138. The van der Waals surface area contributed by atoms with Gasteiger partial charge in [0.1, 0.15) is 12.0 Å². The van der Waals surface area contributed by atoms with E-state index in [1.54, 1.807) is 48.5 Å². The number of benzene rings is 2. The molecule has 0 saturated heterocycles. The molecule has 11 heteroatoms. The Bertz CT molecular complexity index is 1170. The van der Waals surface area contributed by atoms with Crippen molar-refractivity contribution in [2.45, 2.75) is 18.3 Å². The maximum Gasteiger partial charge on any atom is 0.323 e. The van der Waals surface area contributed by atoms with Crippen LogP contribution in [0.4, 0.5) is 16.2 Å². The quantitative estimate of drug-likeness (QED) is 0.427. The Morgan fingerprint density at radius 2 is 1.75 bits per heavy atom. The zero-order chi connectivity index (χ0) is 22.7. The topological polar surface area (TPSA) is 146 Å². The molecular weight excluding hydrogens is 438 g/mol. The summed E-state index contributed by atoms with van der Waals surface area (Å²) in [6.45, 7) is -0.471. The Morgan fingerprint density at radius 3 is 2.41 bits per heavy atom. The highest BCUT2D eigenvalue weighted by Gasteiger charge is 2.56. The van der Waals surface area contributed by atoms with Gasteiger partial charge in [-0.2, -0.15) is 0 Å². The number of nitrogens with one attached hydrogen (secondary N) is 3. The zero-order valence-electron chi connectivity index (χ0n) is 16.6. The molecule has 2 aromatic carbocycles. The number of halogens is 1. The van der Waals surface area contributed by atoms with Gasteiger partial charge in [-0.3, -0.25) is 9.59 Å². The minimum Gasteiger partial charge on any atom is -0.480 e. The van der Waals surface area contributed by atoms with Crippen LogP contribution in [-0.4, -0.2) is 39.8 Å². The number of anilines is 2. The summed E-state index contributed by atoms with van der Waals surface area (Å²) in [7, 11) is 0. The lowest BCUT2D eigenvalue weighted by atomic mass is 10.1. The van der Waals surface area contributed by atoms with Gasteiger partial charge < -0.3 is 25.5 Å². The zero-order valence-corrected chi connectivity index (χ0v) is 17.3. The fourth-order valence-corrected chi connectivity index (χ4v) is 3.27. The average Bonchev–Trinajstić information content (AvgIpc) is 3.42. The average molecular weight is 456 g/mol. The van der Waals surface area contributed by atoms with Gasteiger partial charge in [0.2, 0.25) is 17.7 Å². The minimum atomic E-state index is -1.13. The van der Waals surface area contributed by atoms with E-state index in [-0.39, 0.29) is 11.8 Å². The van der Waals surface area contributed by atoms with Crippen molar-refractivity contribution in [1.29, 1.82) is 0 Å². The molecule has 1 saturated carbocycles. The van der Waals surface area contributed by atoms with Gasteiger partial charge in [0.05, 0.1) is 0 Å². The van der Waals surface area contributed by atoms with Crippen LogP contribution in [-0.2, 0) is 15.0 Å². The van der Waals surface area contributed by atoms with E-state index in [0.29, 0.717) is 34.8 Å². The van der Waals surface area contributed by atoms with Gasteiger partial charge in [0.25, 0.3) is 0 Å². The van der Waals surface area contributed by atoms with Crippen LogP contribution in [0.3, 0.4) is 0 Å². The van der Waals surface area contributed by atoms with Crippen molar-refractivity contribution in [3.8, 4) is 11.5 Å². The van der Waals surface area contributed by atoms with Crippen molar-refractivity contribution in [1.82, 2.24) is 15.5 Å². The molecule has 4 N–H and O–H groups in total. The first kappa shape index (κ1) is 21.3. The maximum absolute atomic E-state index is 12.3. The van der Waals surface area contributed by atoms with Gasteiger partial charge in [-0.1, -0.05) is 17.7 Å². The number of urea groups is 1. The Balaban J connectivity index is 1.39. The largest absolute Gasteiger partial charge is 0.480 e. The first-order valence-corrected chi connectivity index (χ1v) is 10.0. The Hall–Kier alpha value is -3.92. The van der Waals surface area contributed by atoms with E-state index in [1.807, 2.05) is 0 Å². The second kappa shape index (κ2) is 8.67. The van der Waals surface area contributed by atoms with Crippen molar-refractivity contribution in [2.75, 3.05) is 17.2 Å². The summed E-state index contributed by atoms with van der Waals surface area (Å²) in [4.78, 5) is 35.1. The predicted molar refractivity (Wildman–Crippen MR) is 115 cm³/mol. The molecule has 1 aromatic heterocycles. The molecule has 1 fully saturated rings. The van der Waals surface area contributed by atoms with Crippen LogP contribution in [0.25, 0.3) is 11.5 Å². The molecule has 1 aliphatic carbocycles. The molecular formula is C21H18ClN5O5. The van der Waals surface area contributed by atoms with E-state index in [2.05, 4.69) is 26.1 Å². The number of aromatic nitrogens is 2. The molecule has 1 heterocycles. The SMILES string of the molecule is O=C(O)CNC(=O)C1(c2nnc(-c3ccc(NC(=O)Nc4cccc(Cl)c4)cc3)o2)CC1. The Labute approximate surface area is 187 Å². The molecule has 164 valence electrons. The van der Waals surface area contributed by atoms with Crippen LogP contribution in [0.2, 0.25) is 5.02 Å². The molecule has 0 radical (unpaired) electrons. The third-order valence-corrected chi connectivity index (χ3v) is 5.13. The first-order valence-electron chi connectivity index (χ1n) is 9.64. The molecule has 4 rings (SSSR count). The van der Waals surface area contributed by atoms with E-state index < -0.39 is 29.9 Å². The summed E-state index contributed by atoms with van der Waals surface area (Å²) >= 11 is 5.91. The van der Waals surface area contributed by atoms with Crippen molar-refractivity contribution < 1.29 is 23.9 Å². The third-order valence-electron chi connectivity index (χ3n) is 4.89. The molecule has 1 aliphatic rings. The number of nitrogens with zero attached hydrogens (tertiary/aromatic N) is 2. The number of hydrogen-bond donors (Lipinski definition) is 4. The lowest BCUT2D eigenvalue weighted by Crippen LogP contribution is -2.38. The summed E-state index contributed by atoms with van der Waals surface area (Å²) in [5, 5.41) is 25.0. The first-order chi connectivity index (χ1) is 15.4. The molecule has 0 aliphatic heterocycles. The lowest BCUT2D eigenvalue weighted by Gasteiger charge is -2.09. The minimum absolute atomic E-state index is 0.151. The second-order valence-corrected chi connectivity index (χ2v) is 7.67. The van der Waals surface area contributed by atoms with E-state index in [9.17, 15) is 14.4 Å². The number of carboxylic acids is 1. The summed E-state index contributed by atoms with van der Waals surface area (Å²) in [6, 6.07) is 13.1. The standard InChI is InChI=1S/C21H18ClN5O5/c22-13-2-1-3-15(10-13)25-20(31)24-14-6-4-12(5-7-14)17-26-27-19(32-17)21(8-9-21)18(30)23-11-16(28)29/h1-7,10H,8-9,11H2,(H,23,30)(H,28,29)(H2,24,25,31). The van der Waals surface area contributed by atoms with Crippen LogP contribution < -0.4 is 16.0 Å². The van der Waals surface area contributed by atoms with Gasteiger partial charge in [-0.05, 0) is 55.3 Å². The molecule has 0 atom stereocenters. The van der Waals surface area contributed by atoms with Gasteiger partial charge >= 0.3 is 12.0 Å². The van der Waals surface area contributed by atoms with Crippen molar-refractivity contribution in [3.05, 3.63) is 59.4 Å². The molecule has 10 nitrogen and oxygen atoms in total. The number of carboxylic acid groups (broad SMARTS) is 1. The van der Waals surface area contributed by atoms with Crippen LogP contribution in [0.1, 0.15) is 18.7 Å². The fraction of sp³-hybridized carbons (Fsp3) is 0.190. The van der Waals surface area contributed by atoms with Gasteiger partial charge in [-0.15, -0.1) is 10.2 Å². The van der Waals surface area contributed by atoms with E-state index >= 15 is 0 Å². The van der Waals surface area contributed by atoms with E-state index in [1.165, 1.54) is 0 Å². The van der Waals surface area contributed by atoms with Gasteiger partial charge in [-0.25, -0.2) is 4.79 Å². The molecule has 3 amide bonds. The summed E-state index contributed by atoms with van der Waals surface area (Å²) in [6.07, 6.45) is 1.01. The molecule has 0 unspecified atom stereocenters. The fourth-order valence-electron chi connectivity index (χ4n) is 3.08. The molecule has 3 aromatic rings. The molecule has 0 spiro atoms. The van der Waals surface area contributed by atoms with Gasteiger partial charge in [0, 0.05) is 22.0 Å². The Kier molecular flexibility index (Phi) is 5.78. The van der Waals surface area contributed by atoms with E-state index in [4.69, 9.17) is 21.1 Å². The number of aliphatic carboxylic acids is 1. The summed E-state index contributed by atoms with van der Waals surface area (Å²) in [5.74, 6) is -1.21. The number of amides is 3. The number of hydrogen-bond acceptors (Lipinski definition) is 6. The molecule has 32 heavy (non-hydrogen) atoms. The summed E-state index contributed by atoms with van der Waals surface area (Å²) < 4.78 is 5.69. The maximum atomic E-state index is 12.3. The molecule has 0 bridgehead atoms. The van der Waals surface area contributed by atoms with Crippen molar-refractivity contribution >= 4 is 40.9 Å². The highest BCUT2D eigenvalue weighted by atomic mass is 35.5. The van der Waals surface area contributed by atoms with Crippen LogP contribution in [0, 0.1) is 0 Å². The third kappa shape index (κ3) is 4.70. The second-order valence-electron chi connectivity index (χ2n) is 7.24. The van der Waals surface area contributed by atoms with Crippen LogP contribution in [0.15, 0.2) is 52.9 Å². The monoisotopic (exact) mass is 455 g/mol. The van der Waals surface area contributed by atoms with Crippen molar-refractivity contribution in [3.63, 3.8) is 0 Å². The van der Waals surface area contributed by atoms with Crippen molar-refractivity contribution in [2.24, 2.45) is 0 Å². The number of carbonyl (C=O) groups is 3. The number of carbonyl (C=O) groups excluding carboxylic acids is 2. The van der Waals surface area contributed by atoms with Gasteiger partial charge in [0.15, 0.2) is 0 Å². The normalized spacial score (nSPS) is 13.8. The highest BCUT2D eigenvalue weighted by molar-refractivity contribution is 6.30. The highest BCUT2D eigenvalue weighted by Crippen LogP contribution is 2.48. The Morgan fingerprint density at radius 1 is 1.03 bits per heavy atom. The number of rotatable bonds is 7. The van der Waals surface area contributed by atoms with Crippen LogP contribution >= 0.6 is 11.6 Å². The summed E-state index contributed by atoms with van der Waals surface area (Å²) in [5.41, 5.74) is 0.734. The smallest absolute Gasteiger partial charge is 0.323 e. The van der Waals surface area contributed by atoms with Crippen LogP contribution in [0.5, 0.6) is 0 Å². The predicted octanol–water partition coefficient (Wildman–Crippen LogP) is 3.27.